The van der Waals surface area contributed by atoms with Gasteiger partial charge in [-0.1, -0.05) is 12.5 Å². The van der Waals surface area contributed by atoms with Crippen LogP contribution in [0.1, 0.15) is 35.1 Å². The number of nitrogens with zero attached hydrogens (tertiary/aromatic N) is 2. The molecule has 0 spiro atoms. The fourth-order valence-corrected chi connectivity index (χ4v) is 3.15. The van der Waals surface area contributed by atoms with Gasteiger partial charge in [-0.25, -0.2) is 4.98 Å². The van der Waals surface area contributed by atoms with E-state index in [2.05, 4.69) is 16.5 Å². The summed E-state index contributed by atoms with van der Waals surface area (Å²) in [5, 5.41) is 10.3. The number of aromatic nitrogens is 1. The molecule has 0 bridgehead atoms. The molecule has 0 radical (unpaired) electrons. The number of hydrogen-bond donors (Lipinski definition) is 1. The molecule has 1 N–H and O–H groups in total. The van der Waals surface area contributed by atoms with Gasteiger partial charge < -0.3 is 5.11 Å². The van der Waals surface area contributed by atoms with Gasteiger partial charge in [0.15, 0.2) is 0 Å². The van der Waals surface area contributed by atoms with Crippen LogP contribution in [0.2, 0.25) is 0 Å². The minimum absolute atomic E-state index is 0.197. The Kier molecular flexibility index (Phi) is 4.71. The molecule has 1 aromatic heterocycles. The number of aliphatic hydroxyl groups excluding tert-OH is 1. The van der Waals surface area contributed by atoms with Crippen LogP contribution in [0.4, 0.5) is 0 Å². The summed E-state index contributed by atoms with van der Waals surface area (Å²) in [7, 11) is 0. The van der Waals surface area contributed by atoms with Gasteiger partial charge in [0, 0.05) is 36.6 Å². The third kappa shape index (κ3) is 3.37. The van der Waals surface area contributed by atoms with E-state index < -0.39 is 0 Å². The Morgan fingerprint density at radius 3 is 3.00 bits per heavy atom. The molecule has 1 aliphatic rings. The normalized spacial score (nSPS) is 16.1. The minimum Gasteiger partial charge on any atom is -0.395 e. The molecule has 0 aliphatic heterocycles. The van der Waals surface area contributed by atoms with Crippen molar-refractivity contribution in [2.75, 3.05) is 19.7 Å². The van der Waals surface area contributed by atoms with Crippen molar-refractivity contribution in [2.45, 2.75) is 31.7 Å². The van der Waals surface area contributed by atoms with Crippen LogP contribution >= 0.6 is 11.3 Å². The van der Waals surface area contributed by atoms with Crippen LogP contribution in [-0.4, -0.2) is 34.7 Å². The Morgan fingerprint density at radius 1 is 1.59 bits per heavy atom. The van der Waals surface area contributed by atoms with Crippen LogP contribution in [0.25, 0.3) is 0 Å². The van der Waals surface area contributed by atoms with Crippen molar-refractivity contribution < 1.29 is 5.11 Å². The molecule has 94 valence electrons. The second-order valence-electron chi connectivity index (χ2n) is 4.54. The second-order valence-corrected chi connectivity index (χ2v) is 5.69. The van der Waals surface area contributed by atoms with Gasteiger partial charge in [0.05, 0.1) is 11.6 Å². The van der Waals surface area contributed by atoms with E-state index in [9.17, 15) is 0 Å². The maximum Gasteiger partial charge on any atom is 0.0959 e. The smallest absolute Gasteiger partial charge is 0.0959 e. The fourth-order valence-electron chi connectivity index (χ4n) is 2.02. The molecule has 2 rings (SSSR count). The molecule has 1 aromatic rings. The van der Waals surface area contributed by atoms with Crippen molar-refractivity contribution >= 4 is 11.3 Å². The van der Waals surface area contributed by atoms with Crippen LogP contribution in [0, 0.1) is 0 Å². The Bertz CT molecular complexity index is 360. The highest BCUT2D eigenvalue weighted by atomic mass is 32.1. The number of thiazole rings is 1. The molecule has 1 heterocycles. The maximum atomic E-state index is 8.99. The van der Waals surface area contributed by atoms with Crippen molar-refractivity contribution in [1.82, 2.24) is 9.88 Å². The van der Waals surface area contributed by atoms with Crippen LogP contribution in [-0.2, 0) is 6.54 Å². The van der Waals surface area contributed by atoms with Gasteiger partial charge in [-0.3, -0.25) is 4.90 Å². The summed E-state index contributed by atoms with van der Waals surface area (Å²) >= 11 is 1.83. The van der Waals surface area contributed by atoms with Crippen molar-refractivity contribution in [3.05, 3.63) is 28.7 Å². The zero-order valence-electron chi connectivity index (χ0n) is 10.1. The van der Waals surface area contributed by atoms with Gasteiger partial charge >= 0.3 is 0 Å². The summed E-state index contributed by atoms with van der Waals surface area (Å²) in [6.07, 6.45) is 7.84. The Hall–Kier alpha value is -0.710. The van der Waals surface area contributed by atoms with E-state index in [1.807, 2.05) is 23.6 Å². The molecule has 0 unspecified atom stereocenters. The Labute approximate surface area is 107 Å². The topological polar surface area (TPSA) is 36.4 Å². The third-order valence-corrected chi connectivity index (χ3v) is 4.35. The SMILES string of the molecule is C=CCN(CCO)Cc1cnc(C2CCC2)s1. The molecule has 1 saturated carbocycles. The first-order valence-corrected chi connectivity index (χ1v) is 7.04. The van der Waals surface area contributed by atoms with Crippen molar-refractivity contribution in [1.29, 1.82) is 0 Å². The lowest BCUT2D eigenvalue weighted by Crippen LogP contribution is -2.26. The van der Waals surface area contributed by atoms with Crippen molar-refractivity contribution in [2.24, 2.45) is 0 Å². The molecule has 0 saturated heterocycles. The summed E-state index contributed by atoms with van der Waals surface area (Å²) in [5.41, 5.74) is 0. The average Bonchev–Trinajstić information content (AvgIpc) is 2.64. The molecular formula is C13H20N2OS. The number of rotatable bonds is 7. The van der Waals surface area contributed by atoms with Crippen LogP contribution < -0.4 is 0 Å². The lowest BCUT2D eigenvalue weighted by atomic mass is 9.86. The van der Waals surface area contributed by atoms with Crippen molar-refractivity contribution in [3.8, 4) is 0 Å². The standard InChI is InChI=1S/C13H20N2OS/c1-2-6-15(7-8-16)10-12-9-14-13(17-12)11-4-3-5-11/h2,9,11,16H,1,3-8,10H2. The first kappa shape index (κ1) is 12.7. The molecule has 0 atom stereocenters. The Balaban J connectivity index is 1.91. The number of aliphatic hydroxyl groups is 1. The number of hydrogen-bond acceptors (Lipinski definition) is 4. The summed E-state index contributed by atoms with van der Waals surface area (Å²) in [5.74, 6) is 0.722. The molecule has 0 aromatic carbocycles. The van der Waals surface area contributed by atoms with E-state index in [4.69, 9.17) is 5.11 Å². The minimum atomic E-state index is 0.197. The highest BCUT2D eigenvalue weighted by Crippen LogP contribution is 2.38. The van der Waals surface area contributed by atoms with E-state index in [0.717, 1.165) is 19.0 Å². The van der Waals surface area contributed by atoms with Crippen LogP contribution in [0.15, 0.2) is 18.9 Å². The van der Waals surface area contributed by atoms with Crippen LogP contribution in [0.3, 0.4) is 0 Å². The van der Waals surface area contributed by atoms with Gasteiger partial charge in [0.2, 0.25) is 0 Å². The van der Waals surface area contributed by atoms with Gasteiger partial charge in [0.1, 0.15) is 0 Å². The van der Waals surface area contributed by atoms with E-state index in [1.54, 1.807) is 0 Å². The van der Waals surface area contributed by atoms with Gasteiger partial charge in [-0.2, -0.15) is 0 Å². The molecule has 4 heteroatoms. The Morgan fingerprint density at radius 2 is 2.41 bits per heavy atom. The summed E-state index contributed by atoms with van der Waals surface area (Å²) in [6, 6.07) is 0. The second kappa shape index (κ2) is 6.28. The zero-order chi connectivity index (χ0) is 12.1. The van der Waals surface area contributed by atoms with E-state index in [0.29, 0.717) is 6.54 Å². The molecular weight excluding hydrogens is 232 g/mol. The van der Waals surface area contributed by atoms with Crippen LogP contribution in [0.5, 0.6) is 0 Å². The molecule has 3 nitrogen and oxygen atoms in total. The predicted octanol–water partition coefficient (Wildman–Crippen LogP) is 2.39. The van der Waals surface area contributed by atoms with E-state index >= 15 is 0 Å². The monoisotopic (exact) mass is 252 g/mol. The highest BCUT2D eigenvalue weighted by Gasteiger charge is 2.22. The largest absolute Gasteiger partial charge is 0.395 e. The summed E-state index contributed by atoms with van der Waals surface area (Å²) < 4.78 is 0. The quantitative estimate of drug-likeness (QED) is 0.757. The maximum absolute atomic E-state index is 8.99. The fraction of sp³-hybridized carbons (Fsp3) is 0.615. The molecule has 17 heavy (non-hydrogen) atoms. The van der Waals surface area contributed by atoms with E-state index in [-0.39, 0.29) is 6.61 Å². The lowest BCUT2D eigenvalue weighted by Gasteiger charge is -2.22. The predicted molar refractivity (Wildman–Crippen MR) is 71.3 cm³/mol. The van der Waals surface area contributed by atoms with Gasteiger partial charge in [-0.05, 0) is 12.8 Å². The van der Waals surface area contributed by atoms with Gasteiger partial charge in [0.25, 0.3) is 0 Å². The molecule has 0 amide bonds. The zero-order valence-corrected chi connectivity index (χ0v) is 11.0. The molecule has 1 fully saturated rings. The molecule has 1 aliphatic carbocycles. The summed E-state index contributed by atoms with van der Waals surface area (Å²) in [6.45, 7) is 6.33. The average molecular weight is 252 g/mol. The third-order valence-electron chi connectivity index (χ3n) is 3.21. The van der Waals surface area contributed by atoms with Gasteiger partial charge in [-0.15, -0.1) is 17.9 Å². The first-order valence-electron chi connectivity index (χ1n) is 6.22. The highest BCUT2D eigenvalue weighted by molar-refractivity contribution is 7.11. The van der Waals surface area contributed by atoms with E-state index in [1.165, 1.54) is 29.1 Å². The lowest BCUT2D eigenvalue weighted by molar-refractivity contribution is 0.204. The van der Waals surface area contributed by atoms with Crippen molar-refractivity contribution in [3.63, 3.8) is 0 Å². The first-order chi connectivity index (χ1) is 8.33. The summed E-state index contributed by atoms with van der Waals surface area (Å²) in [4.78, 5) is 7.99.